The molecule has 3 amide bonds. The van der Waals surface area contributed by atoms with Crippen LogP contribution in [0.1, 0.15) is 21.7 Å². The molecule has 0 aliphatic carbocycles. The molecular formula is C15H21N3O4. The summed E-state index contributed by atoms with van der Waals surface area (Å²) in [5, 5.41) is 0. The number of ether oxygens (including phenoxy) is 1. The number of aromatic nitrogens is 1. The van der Waals surface area contributed by atoms with Crippen molar-refractivity contribution < 1.29 is 19.1 Å². The second-order valence-corrected chi connectivity index (χ2v) is 5.47. The van der Waals surface area contributed by atoms with Crippen LogP contribution < -0.4 is 0 Å². The van der Waals surface area contributed by atoms with Crippen molar-refractivity contribution in [3.8, 4) is 0 Å². The van der Waals surface area contributed by atoms with Gasteiger partial charge in [0.15, 0.2) is 5.78 Å². The summed E-state index contributed by atoms with van der Waals surface area (Å²) in [7, 11) is 3.17. The van der Waals surface area contributed by atoms with Gasteiger partial charge in [0.2, 0.25) is 0 Å². The number of hydrogen-bond donors (Lipinski definition) is 0. The smallest absolute Gasteiger partial charge is 0.327 e. The molecule has 0 unspecified atom stereocenters. The third-order valence-corrected chi connectivity index (χ3v) is 3.93. The summed E-state index contributed by atoms with van der Waals surface area (Å²) in [6, 6.07) is 1.37. The van der Waals surface area contributed by atoms with Gasteiger partial charge in [-0.05, 0) is 19.9 Å². The Morgan fingerprint density at radius 3 is 2.55 bits per heavy atom. The molecule has 0 saturated carbocycles. The lowest BCUT2D eigenvalue weighted by atomic mass is 10.1. The number of aryl methyl sites for hydroxylation is 1. The molecule has 0 atom stereocenters. The number of amides is 3. The number of ketones is 1. The molecule has 2 heterocycles. The fraction of sp³-hybridized carbons (Fsp3) is 0.533. The number of methoxy groups -OCH3 is 1. The van der Waals surface area contributed by atoms with E-state index < -0.39 is 6.03 Å². The number of rotatable bonds is 6. The maximum Gasteiger partial charge on any atom is 0.327 e. The lowest BCUT2D eigenvalue weighted by Gasteiger charge is -2.13. The molecule has 1 aromatic rings. The van der Waals surface area contributed by atoms with Crippen LogP contribution in [0, 0.1) is 13.8 Å². The summed E-state index contributed by atoms with van der Waals surface area (Å²) in [6.07, 6.45) is 0. The maximum atomic E-state index is 12.4. The standard InChI is InChI=1S/C15H21N3O4/c1-10-7-12(11(2)17(10)5-6-22-4)13(19)8-18-14(20)9-16(3)15(18)21/h7H,5-6,8-9H2,1-4H3. The minimum atomic E-state index is -0.424. The molecule has 1 saturated heterocycles. The highest BCUT2D eigenvalue weighted by Crippen LogP contribution is 2.17. The van der Waals surface area contributed by atoms with Crippen LogP contribution in [0.2, 0.25) is 0 Å². The molecule has 1 fully saturated rings. The quantitative estimate of drug-likeness (QED) is 0.576. The average molecular weight is 307 g/mol. The largest absolute Gasteiger partial charge is 0.383 e. The second-order valence-electron chi connectivity index (χ2n) is 5.47. The van der Waals surface area contributed by atoms with E-state index in [9.17, 15) is 14.4 Å². The molecular weight excluding hydrogens is 286 g/mol. The minimum absolute atomic E-state index is 0.0268. The van der Waals surface area contributed by atoms with Gasteiger partial charge in [0.25, 0.3) is 5.91 Å². The van der Waals surface area contributed by atoms with E-state index >= 15 is 0 Å². The summed E-state index contributed by atoms with van der Waals surface area (Å²) in [5.74, 6) is -0.567. The number of imide groups is 1. The summed E-state index contributed by atoms with van der Waals surface area (Å²) in [6.45, 7) is 4.80. The van der Waals surface area contributed by atoms with E-state index in [4.69, 9.17) is 4.74 Å². The fourth-order valence-corrected chi connectivity index (χ4v) is 2.66. The van der Waals surface area contributed by atoms with Crippen molar-refractivity contribution >= 4 is 17.7 Å². The van der Waals surface area contributed by atoms with Crippen LogP contribution in [-0.2, 0) is 16.1 Å². The first-order valence-electron chi connectivity index (χ1n) is 7.11. The van der Waals surface area contributed by atoms with Crippen molar-refractivity contribution in [1.82, 2.24) is 14.4 Å². The third kappa shape index (κ3) is 2.89. The number of carbonyl (C=O) groups is 3. The van der Waals surface area contributed by atoms with E-state index in [2.05, 4.69) is 0 Å². The van der Waals surface area contributed by atoms with E-state index in [1.54, 1.807) is 20.2 Å². The van der Waals surface area contributed by atoms with Crippen LogP contribution in [0.4, 0.5) is 4.79 Å². The predicted molar refractivity (Wildman–Crippen MR) is 79.9 cm³/mol. The van der Waals surface area contributed by atoms with Crippen molar-refractivity contribution in [3.63, 3.8) is 0 Å². The van der Waals surface area contributed by atoms with Crippen LogP contribution in [0.15, 0.2) is 6.07 Å². The van der Waals surface area contributed by atoms with Crippen LogP contribution in [0.25, 0.3) is 0 Å². The SMILES string of the molecule is COCCn1c(C)cc(C(=O)CN2C(=O)CN(C)C2=O)c1C. The van der Waals surface area contributed by atoms with Crippen molar-refractivity contribution in [2.45, 2.75) is 20.4 Å². The van der Waals surface area contributed by atoms with Gasteiger partial charge in [0.05, 0.1) is 13.2 Å². The normalized spacial score (nSPS) is 15.1. The zero-order chi connectivity index (χ0) is 16.4. The Morgan fingerprint density at radius 2 is 2.00 bits per heavy atom. The number of nitrogens with zero attached hydrogens (tertiary/aromatic N) is 3. The van der Waals surface area contributed by atoms with Gasteiger partial charge < -0.3 is 14.2 Å². The first-order valence-corrected chi connectivity index (χ1v) is 7.11. The zero-order valence-electron chi connectivity index (χ0n) is 13.4. The van der Waals surface area contributed by atoms with Crippen molar-refractivity contribution in [2.24, 2.45) is 0 Å². The van der Waals surface area contributed by atoms with E-state index in [1.165, 1.54) is 4.90 Å². The highest BCUT2D eigenvalue weighted by Gasteiger charge is 2.35. The van der Waals surface area contributed by atoms with Crippen molar-refractivity contribution in [1.29, 1.82) is 0 Å². The molecule has 0 bridgehead atoms. The van der Waals surface area contributed by atoms with Crippen molar-refractivity contribution in [2.75, 3.05) is 33.9 Å². The Hall–Kier alpha value is -2.15. The van der Waals surface area contributed by atoms with E-state index in [0.717, 1.165) is 16.3 Å². The van der Waals surface area contributed by atoms with Gasteiger partial charge in [-0.25, -0.2) is 4.79 Å². The highest BCUT2D eigenvalue weighted by molar-refractivity contribution is 6.08. The summed E-state index contributed by atoms with van der Waals surface area (Å²) in [4.78, 5) is 38.3. The Balaban J connectivity index is 2.17. The number of urea groups is 1. The second kappa shape index (κ2) is 6.31. The van der Waals surface area contributed by atoms with E-state index in [1.807, 2.05) is 18.4 Å². The number of likely N-dealkylation sites (N-methyl/N-ethyl adjacent to an activating group) is 1. The van der Waals surface area contributed by atoms with Crippen LogP contribution in [0.3, 0.4) is 0 Å². The minimum Gasteiger partial charge on any atom is -0.383 e. The molecule has 0 spiro atoms. The highest BCUT2D eigenvalue weighted by atomic mass is 16.5. The molecule has 22 heavy (non-hydrogen) atoms. The first kappa shape index (κ1) is 16.2. The van der Waals surface area contributed by atoms with Gasteiger partial charge >= 0.3 is 6.03 Å². The van der Waals surface area contributed by atoms with Gasteiger partial charge in [-0.15, -0.1) is 0 Å². The lowest BCUT2D eigenvalue weighted by molar-refractivity contribution is -0.125. The van der Waals surface area contributed by atoms with Gasteiger partial charge in [-0.1, -0.05) is 0 Å². The lowest BCUT2D eigenvalue weighted by Crippen LogP contribution is -2.36. The summed E-state index contributed by atoms with van der Waals surface area (Å²) < 4.78 is 7.06. The molecule has 7 nitrogen and oxygen atoms in total. The zero-order valence-corrected chi connectivity index (χ0v) is 13.4. The maximum absolute atomic E-state index is 12.4. The van der Waals surface area contributed by atoms with Gasteiger partial charge in [-0.3, -0.25) is 14.5 Å². The van der Waals surface area contributed by atoms with E-state index in [-0.39, 0.29) is 24.8 Å². The molecule has 1 aliphatic heterocycles. The number of Topliss-reactive ketones (excluding diaryl/α,β-unsaturated/α-hetero) is 1. The molecule has 7 heteroatoms. The summed E-state index contributed by atoms with van der Waals surface area (Å²) >= 11 is 0. The Morgan fingerprint density at radius 1 is 1.32 bits per heavy atom. The first-order chi connectivity index (χ1) is 10.4. The molecule has 1 aliphatic rings. The van der Waals surface area contributed by atoms with Gasteiger partial charge in [0, 0.05) is 37.7 Å². The number of hydrogen-bond acceptors (Lipinski definition) is 4. The summed E-state index contributed by atoms with van der Waals surface area (Å²) in [5.41, 5.74) is 2.32. The molecule has 1 aromatic heterocycles. The van der Waals surface area contributed by atoms with Gasteiger partial charge in [-0.2, -0.15) is 0 Å². The fourth-order valence-electron chi connectivity index (χ4n) is 2.66. The molecule has 2 rings (SSSR count). The Bertz CT molecular complexity index is 621. The predicted octanol–water partition coefficient (Wildman–Crippen LogP) is 0.828. The van der Waals surface area contributed by atoms with Crippen LogP contribution in [0.5, 0.6) is 0 Å². The van der Waals surface area contributed by atoms with Crippen LogP contribution >= 0.6 is 0 Å². The number of carbonyl (C=O) groups excluding carboxylic acids is 3. The van der Waals surface area contributed by atoms with E-state index in [0.29, 0.717) is 18.7 Å². The molecule has 0 N–H and O–H groups in total. The molecule has 0 aromatic carbocycles. The third-order valence-electron chi connectivity index (χ3n) is 3.93. The monoisotopic (exact) mass is 307 g/mol. The molecule has 120 valence electrons. The Kier molecular flexibility index (Phi) is 4.65. The topological polar surface area (TPSA) is 71.8 Å². The Labute approximate surface area is 129 Å². The average Bonchev–Trinajstić information content (AvgIpc) is 2.88. The van der Waals surface area contributed by atoms with Crippen LogP contribution in [-0.4, -0.2) is 65.9 Å². The van der Waals surface area contributed by atoms with Gasteiger partial charge in [0.1, 0.15) is 6.54 Å². The van der Waals surface area contributed by atoms with Crippen molar-refractivity contribution in [3.05, 3.63) is 23.0 Å². The molecule has 0 radical (unpaired) electrons.